The molecule has 7 heteroatoms. The first-order valence-electron chi connectivity index (χ1n) is 10.1. The number of nitrogens with one attached hydrogen (secondary N) is 1. The summed E-state index contributed by atoms with van der Waals surface area (Å²) in [5.74, 6) is -0.500. The lowest BCUT2D eigenvalue weighted by Crippen LogP contribution is -2.32. The van der Waals surface area contributed by atoms with E-state index in [0.717, 1.165) is 47.2 Å². The summed E-state index contributed by atoms with van der Waals surface area (Å²) in [6.07, 6.45) is 2.40. The average molecular weight is 404 g/mol. The number of aryl methyl sites for hydroxylation is 1. The van der Waals surface area contributed by atoms with Crippen LogP contribution in [-0.2, 0) is 22.5 Å². The topological polar surface area (TPSA) is 84.4 Å². The van der Waals surface area contributed by atoms with Crippen LogP contribution in [0.25, 0.3) is 10.9 Å². The van der Waals surface area contributed by atoms with Crippen molar-refractivity contribution in [1.29, 1.82) is 0 Å². The van der Waals surface area contributed by atoms with Crippen LogP contribution in [0.3, 0.4) is 0 Å². The van der Waals surface area contributed by atoms with E-state index in [1.165, 1.54) is 0 Å². The summed E-state index contributed by atoms with van der Waals surface area (Å²) in [5, 5.41) is 3.41. The number of fused-ring (bicyclic) bond motifs is 2. The quantitative estimate of drug-likeness (QED) is 0.658. The number of para-hydroxylation sites is 1. The number of likely N-dealkylation sites (N-methyl/N-ethyl adjacent to an activating group) is 1. The highest BCUT2D eigenvalue weighted by atomic mass is 16.5. The number of rotatable bonds is 5. The van der Waals surface area contributed by atoms with Gasteiger partial charge in [0.2, 0.25) is 0 Å². The van der Waals surface area contributed by atoms with Crippen LogP contribution < -0.4 is 5.32 Å². The molecule has 1 aliphatic heterocycles. The zero-order valence-corrected chi connectivity index (χ0v) is 17.1. The summed E-state index contributed by atoms with van der Waals surface area (Å²) < 4.78 is 5.41. The number of pyridine rings is 2. The van der Waals surface area contributed by atoms with Gasteiger partial charge in [-0.05, 0) is 37.2 Å². The number of amides is 1. The molecule has 30 heavy (non-hydrogen) atoms. The fourth-order valence-corrected chi connectivity index (χ4v) is 3.74. The normalized spacial score (nSPS) is 13.7. The molecule has 0 radical (unpaired) electrons. The Kier molecular flexibility index (Phi) is 5.72. The second-order valence-electron chi connectivity index (χ2n) is 7.39. The smallest absolute Gasteiger partial charge is 0.339 e. The first-order valence-corrected chi connectivity index (χ1v) is 10.1. The number of hydrogen-bond acceptors (Lipinski definition) is 6. The van der Waals surface area contributed by atoms with Crippen LogP contribution in [-0.4, -0.2) is 46.4 Å². The van der Waals surface area contributed by atoms with Crippen LogP contribution >= 0.6 is 0 Å². The van der Waals surface area contributed by atoms with E-state index in [9.17, 15) is 9.59 Å². The van der Waals surface area contributed by atoms with Crippen molar-refractivity contribution >= 4 is 28.6 Å². The third kappa shape index (κ3) is 4.16. The Morgan fingerprint density at radius 1 is 1.23 bits per heavy atom. The van der Waals surface area contributed by atoms with Crippen LogP contribution in [0.4, 0.5) is 5.82 Å². The predicted octanol–water partition coefficient (Wildman–Crippen LogP) is 3.11. The van der Waals surface area contributed by atoms with Crippen molar-refractivity contribution in [3.8, 4) is 0 Å². The second-order valence-corrected chi connectivity index (χ2v) is 7.39. The van der Waals surface area contributed by atoms with Gasteiger partial charge in [0.1, 0.15) is 5.82 Å². The third-order valence-corrected chi connectivity index (χ3v) is 5.29. The zero-order valence-electron chi connectivity index (χ0n) is 17.1. The van der Waals surface area contributed by atoms with Crippen molar-refractivity contribution in [1.82, 2.24) is 14.9 Å². The van der Waals surface area contributed by atoms with E-state index in [4.69, 9.17) is 9.72 Å². The summed E-state index contributed by atoms with van der Waals surface area (Å²) in [6.45, 7) is 6.09. The molecular weight excluding hydrogens is 380 g/mol. The molecule has 1 aliphatic rings. The van der Waals surface area contributed by atoms with E-state index in [1.807, 2.05) is 37.3 Å². The van der Waals surface area contributed by atoms with Gasteiger partial charge in [-0.25, -0.2) is 9.78 Å². The molecule has 7 nitrogen and oxygen atoms in total. The number of carbonyl (C=O) groups excluding carboxylic acids is 2. The Morgan fingerprint density at radius 3 is 2.87 bits per heavy atom. The molecule has 0 bridgehead atoms. The summed E-state index contributed by atoms with van der Waals surface area (Å²) in [6, 6.07) is 11.2. The zero-order chi connectivity index (χ0) is 21.1. The van der Waals surface area contributed by atoms with Crippen LogP contribution in [0.2, 0.25) is 0 Å². The molecule has 0 aliphatic carbocycles. The highest BCUT2D eigenvalue weighted by molar-refractivity contribution is 6.06. The number of ether oxygens (including phenoxy) is 1. The van der Waals surface area contributed by atoms with Crippen molar-refractivity contribution in [2.24, 2.45) is 0 Å². The average Bonchev–Trinajstić information content (AvgIpc) is 2.75. The monoisotopic (exact) mass is 404 g/mol. The van der Waals surface area contributed by atoms with Gasteiger partial charge in [0, 0.05) is 42.4 Å². The van der Waals surface area contributed by atoms with Gasteiger partial charge in [0.05, 0.1) is 11.1 Å². The molecule has 0 spiro atoms. The molecule has 1 aromatic carbocycles. The fourth-order valence-electron chi connectivity index (χ4n) is 3.74. The molecule has 2 aromatic heterocycles. The van der Waals surface area contributed by atoms with Gasteiger partial charge >= 0.3 is 5.97 Å². The number of carbonyl (C=O) groups is 2. The van der Waals surface area contributed by atoms with Crippen molar-refractivity contribution in [3.05, 3.63) is 65.0 Å². The minimum absolute atomic E-state index is 0.378. The van der Waals surface area contributed by atoms with E-state index in [-0.39, 0.29) is 6.61 Å². The van der Waals surface area contributed by atoms with Crippen molar-refractivity contribution in [3.63, 3.8) is 0 Å². The Balaban J connectivity index is 1.57. The summed E-state index contributed by atoms with van der Waals surface area (Å²) >= 11 is 0. The minimum atomic E-state index is -0.504. The second kappa shape index (κ2) is 8.59. The molecule has 3 heterocycles. The summed E-state index contributed by atoms with van der Waals surface area (Å²) in [4.78, 5) is 36.5. The van der Waals surface area contributed by atoms with E-state index in [1.54, 1.807) is 12.3 Å². The lowest BCUT2D eigenvalue weighted by molar-refractivity contribution is -0.119. The molecule has 3 aromatic rings. The van der Waals surface area contributed by atoms with Gasteiger partial charge in [-0.2, -0.15) is 0 Å². The van der Waals surface area contributed by atoms with Gasteiger partial charge in [-0.3, -0.25) is 14.7 Å². The van der Waals surface area contributed by atoms with E-state index in [0.29, 0.717) is 17.9 Å². The molecule has 0 fully saturated rings. The highest BCUT2D eigenvalue weighted by Gasteiger charge is 2.26. The number of esters is 1. The Bertz CT molecular complexity index is 1110. The Labute approximate surface area is 175 Å². The number of aromatic nitrogens is 2. The van der Waals surface area contributed by atoms with Crippen LogP contribution in [0.15, 0.2) is 42.6 Å². The standard InChI is InChI=1S/C23H24N4O3/c1-3-27-11-9-19-17(13-27)22(16-6-4-5-7-18(16)25-19)23(29)30-14-21(28)26-20-12-15(2)8-10-24-20/h4-8,10,12H,3,9,11,13-14H2,1-2H3,(H,24,26,28). The maximum absolute atomic E-state index is 13.1. The summed E-state index contributed by atoms with van der Waals surface area (Å²) in [5.41, 5.74) is 4.08. The lowest BCUT2D eigenvalue weighted by Gasteiger charge is -2.28. The Morgan fingerprint density at radius 2 is 2.07 bits per heavy atom. The SMILES string of the molecule is CCN1CCc2nc3ccccc3c(C(=O)OCC(=O)Nc3cc(C)ccn3)c2C1. The molecule has 1 N–H and O–H groups in total. The van der Waals surface area contributed by atoms with Crippen molar-refractivity contribution in [2.45, 2.75) is 26.8 Å². The Hall–Kier alpha value is -3.32. The van der Waals surface area contributed by atoms with Gasteiger partial charge in [0.15, 0.2) is 6.61 Å². The number of anilines is 1. The predicted molar refractivity (Wildman–Crippen MR) is 114 cm³/mol. The molecule has 0 unspecified atom stereocenters. The molecule has 0 saturated heterocycles. The molecule has 0 atom stereocenters. The maximum Gasteiger partial charge on any atom is 0.339 e. The van der Waals surface area contributed by atoms with Gasteiger partial charge in [-0.15, -0.1) is 0 Å². The minimum Gasteiger partial charge on any atom is -0.452 e. The molecule has 1 amide bonds. The lowest BCUT2D eigenvalue weighted by atomic mass is 9.96. The first-order chi connectivity index (χ1) is 14.5. The van der Waals surface area contributed by atoms with Gasteiger partial charge in [0.25, 0.3) is 5.91 Å². The van der Waals surface area contributed by atoms with Crippen molar-refractivity contribution < 1.29 is 14.3 Å². The molecule has 0 saturated carbocycles. The highest BCUT2D eigenvalue weighted by Crippen LogP contribution is 2.28. The van der Waals surface area contributed by atoms with Gasteiger partial charge < -0.3 is 10.1 Å². The number of nitrogens with zero attached hydrogens (tertiary/aromatic N) is 3. The maximum atomic E-state index is 13.1. The molecular formula is C23H24N4O3. The van der Waals surface area contributed by atoms with Gasteiger partial charge in [-0.1, -0.05) is 25.1 Å². The molecule has 4 rings (SSSR count). The van der Waals surface area contributed by atoms with E-state index in [2.05, 4.69) is 22.1 Å². The third-order valence-electron chi connectivity index (χ3n) is 5.29. The van der Waals surface area contributed by atoms with Crippen LogP contribution in [0, 0.1) is 6.92 Å². The van der Waals surface area contributed by atoms with Crippen LogP contribution in [0.5, 0.6) is 0 Å². The van der Waals surface area contributed by atoms with E-state index >= 15 is 0 Å². The largest absolute Gasteiger partial charge is 0.452 e. The first kappa shape index (κ1) is 20.0. The molecule has 154 valence electrons. The van der Waals surface area contributed by atoms with Crippen molar-refractivity contribution in [2.75, 3.05) is 25.0 Å². The fraction of sp³-hybridized carbons (Fsp3) is 0.304. The van der Waals surface area contributed by atoms with E-state index < -0.39 is 11.9 Å². The number of hydrogen-bond donors (Lipinski definition) is 1. The van der Waals surface area contributed by atoms with Crippen LogP contribution in [0.1, 0.15) is 34.1 Å². The summed E-state index contributed by atoms with van der Waals surface area (Å²) in [7, 11) is 0. The number of benzene rings is 1.